The van der Waals surface area contributed by atoms with Crippen LogP contribution in [0.5, 0.6) is 0 Å². The summed E-state index contributed by atoms with van der Waals surface area (Å²) in [7, 11) is 0. The third kappa shape index (κ3) is 4.74. The van der Waals surface area contributed by atoms with Gasteiger partial charge < -0.3 is 14.7 Å². The molecule has 0 spiro atoms. The van der Waals surface area contributed by atoms with Gasteiger partial charge in [-0.1, -0.05) is 32.6 Å². The second-order valence-corrected chi connectivity index (χ2v) is 10.9. The Hall–Kier alpha value is -4.14. The van der Waals surface area contributed by atoms with Gasteiger partial charge in [0.1, 0.15) is 18.2 Å². The van der Waals surface area contributed by atoms with Gasteiger partial charge in [-0.25, -0.2) is 19.4 Å². The number of aryl methyl sites for hydroxylation is 2. The molecule has 0 aliphatic carbocycles. The maximum absolute atomic E-state index is 15.0. The number of amidine groups is 1. The van der Waals surface area contributed by atoms with Gasteiger partial charge in [-0.2, -0.15) is 0 Å². The van der Waals surface area contributed by atoms with Gasteiger partial charge in [-0.15, -0.1) is 0 Å². The number of rotatable bonds is 4. The monoisotopic (exact) mass is 541 g/mol. The van der Waals surface area contributed by atoms with Crippen LogP contribution in [0.4, 0.5) is 15.9 Å². The van der Waals surface area contributed by atoms with Crippen molar-refractivity contribution < 1.29 is 9.18 Å². The van der Waals surface area contributed by atoms with Gasteiger partial charge in [0, 0.05) is 36.9 Å². The summed E-state index contributed by atoms with van der Waals surface area (Å²) in [6.07, 6.45) is 3.19. The summed E-state index contributed by atoms with van der Waals surface area (Å²) < 4.78 is 15.0. The molecule has 5 rings (SSSR count). The Morgan fingerprint density at radius 3 is 2.52 bits per heavy atom. The molecule has 0 unspecified atom stereocenters. The van der Waals surface area contributed by atoms with E-state index in [1.165, 1.54) is 12.1 Å². The van der Waals surface area contributed by atoms with E-state index in [0.717, 1.165) is 22.8 Å². The number of aromatic nitrogens is 3. The smallest absolute Gasteiger partial charge is 0.246 e. The third-order valence-corrected chi connectivity index (χ3v) is 7.70. The number of hydrogen-bond acceptors (Lipinski definition) is 7. The lowest BCUT2D eigenvalue weighted by molar-refractivity contribution is -0.130. The Labute approximate surface area is 235 Å². The highest BCUT2D eigenvalue weighted by Gasteiger charge is 2.38. The van der Waals surface area contributed by atoms with Crippen LogP contribution in [-0.2, 0) is 4.79 Å². The molecule has 1 aromatic carbocycles. The van der Waals surface area contributed by atoms with Gasteiger partial charge in [0.15, 0.2) is 11.7 Å². The SMILES string of the molecule is C=CC(=O)N1C[C@H](C)N(C2=NCN(c3c(C)ccnc3C(C)C)c3nc(-c4ccccc4F)c(C)nc32)C[C@H]1C. The Morgan fingerprint density at radius 2 is 1.82 bits per heavy atom. The molecule has 0 bridgehead atoms. The van der Waals surface area contributed by atoms with Crippen molar-refractivity contribution in [1.29, 1.82) is 0 Å². The number of carbonyl (C=O) groups is 1. The molecule has 208 valence electrons. The highest BCUT2D eigenvalue weighted by Crippen LogP contribution is 2.39. The van der Waals surface area contributed by atoms with E-state index in [9.17, 15) is 9.18 Å². The van der Waals surface area contributed by atoms with Crippen molar-refractivity contribution in [2.45, 2.75) is 59.5 Å². The molecular weight excluding hydrogens is 505 g/mol. The number of carbonyl (C=O) groups excluding carboxylic acids is 1. The lowest BCUT2D eigenvalue weighted by Crippen LogP contribution is -2.60. The normalized spacial score (nSPS) is 19.0. The molecule has 1 saturated heterocycles. The first-order valence-electron chi connectivity index (χ1n) is 13.7. The van der Waals surface area contributed by atoms with Crippen LogP contribution in [0, 0.1) is 19.7 Å². The number of anilines is 2. The second-order valence-electron chi connectivity index (χ2n) is 10.9. The topological polar surface area (TPSA) is 77.8 Å². The predicted octanol–water partition coefficient (Wildman–Crippen LogP) is 5.38. The van der Waals surface area contributed by atoms with Crippen LogP contribution < -0.4 is 4.90 Å². The summed E-state index contributed by atoms with van der Waals surface area (Å²) in [5.74, 6) is 1.11. The van der Waals surface area contributed by atoms with Crippen LogP contribution in [0.15, 0.2) is 54.2 Å². The average Bonchev–Trinajstić information content (AvgIpc) is 2.93. The first-order chi connectivity index (χ1) is 19.1. The summed E-state index contributed by atoms with van der Waals surface area (Å²) >= 11 is 0. The largest absolute Gasteiger partial charge is 0.348 e. The first kappa shape index (κ1) is 27.4. The molecule has 0 radical (unpaired) electrons. The third-order valence-electron chi connectivity index (χ3n) is 7.70. The molecule has 0 saturated carbocycles. The summed E-state index contributed by atoms with van der Waals surface area (Å²) in [4.78, 5) is 38.5. The van der Waals surface area contributed by atoms with Crippen LogP contribution >= 0.6 is 0 Å². The number of hydrogen-bond donors (Lipinski definition) is 0. The Balaban J connectivity index is 1.67. The minimum atomic E-state index is -0.345. The number of nitrogens with zero attached hydrogens (tertiary/aromatic N) is 7. The summed E-state index contributed by atoms with van der Waals surface area (Å²) in [6.45, 7) is 17.4. The highest BCUT2D eigenvalue weighted by molar-refractivity contribution is 6.04. The Morgan fingerprint density at radius 1 is 1.07 bits per heavy atom. The van der Waals surface area contributed by atoms with Crippen molar-refractivity contribution >= 4 is 23.2 Å². The van der Waals surface area contributed by atoms with Gasteiger partial charge in [0.25, 0.3) is 0 Å². The number of benzene rings is 1. The van der Waals surface area contributed by atoms with E-state index >= 15 is 0 Å². The number of amides is 1. The summed E-state index contributed by atoms with van der Waals surface area (Å²) in [5, 5.41) is 0. The molecule has 3 aromatic rings. The molecule has 8 nitrogen and oxygen atoms in total. The van der Waals surface area contributed by atoms with E-state index in [1.807, 2.05) is 31.0 Å². The zero-order chi connectivity index (χ0) is 28.7. The molecule has 0 N–H and O–H groups in total. The van der Waals surface area contributed by atoms with Gasteiger partial charge in [0.2, 0.25) is 5.91 Å². The van der Waals surface area contributed by atoms with Crippen molar-refractivity contribution in [3.8, 4) is 11.3 Å². The molecule has 4 heterocycles. The van der Waals surface area contributed by atoms with Crippen LogP contribution in [0.25, 0.3) is 11.3 Å². The van der Waals surface area contributed by atoms with E-state index in [2.05, 4.69) is 44.1 Å². The predicted molar refractivity (Wildman–Crippen MR) is 156 cm³/mol. The van der Waals surface area contributed by atoms with Crippen LogP contribution in [0.1, 0.15) is 56.3 Å². The molecule has 1 amide bonds. The number of pyridine rings is 1. The molecule has 40 heavy (non-hydrogen) atoms. The number of aliphatic imine (C=N–C) groups is 1. The minimum absolute atomic E-state index is 0.00189. The fraction of sp³-hybridized carbons (Fsp3) is 0.387. The molecular formula is C31H36FN7O. The fourth-order valence-corrected chi connectivity index (χ4v) is 5.63. The lowest BCUT2D eigenvalue weighted by atomic mass is 10.0. The van der Waals surface area contributed by atoms with Crippen LogP contribution in [0.2, 0.25) is 0 Å². The van der Waals surface area contributed by atoms with Gasteiger partial charge in [-0.3, -0.25) is 9.78 Å². The lowest BCUT2D eigenvalue weighted by Gasteiger charge is -2.46. The summed E-state index contributed by atoms with van der Waals surface area (Å²) in [5.41, 5.74) is 5.11. The molecule has 2 aromatic heterocycles. The van der Waals surface area contributed by atoms with Crippen molar-refractivity contribution in [2.24, 2.45) is 4.99 Å². The van der Waals surface area contributed by atoms with E-state index in [4.69, 9.17) is 19.9 Å². The maximum atomic E-state index is 15.0. The van der Waals surface area contributed by atoms with Crippen molar-refractivity contribution in [3.63, 3.8) is 0 Å². The van der Waals surface area contributed by atoms with Crippen molar-refractivity contribution in [2.75, 3.05) is 24.7 Å². The Bertz CT molecular complexity index is 1500. The molecule has 9 heteroatoms. The van der Waals surface area contributed by atoms with E-state index in [0.29, 0.717) is 48.2 Å². The Kier molecular flexibility index (Phi) is 7.40. The van der Waals surface area contributed by atoms with Crippen molar-refractivity contribution in [3.05, 3.63) is 77.6 Å². The quantitative estimate of drug-likeness (QED) is 0.413. The fourth-order valence-electron chi connectivity index (χ4n) is 5.63. The zero-order valence-electron chi connectivity index (χ0n) is 24.0. The van der Waals surface area contributed by atoms with E-state index < -0.39 is 0 Å². The summed E-state index contributed by atoms with van der Waals surface area (Å²) in [6, 6.07) is 8.59. The number of piperazine rings is 1. The average molecular weight is 542 g/mol. The first-order valence-corrected chi connectivity index (χ1v) is 13.7. The zero-order valence-corrected chi connectivity index (χ0v) is 24.0. The molecule has 2 aliphatic heterocycles. The van der Waals surface area contributed by atoms with Crippen LogP contribution in [0.3, 0.4) is 0 Å². The highest BCUT2D eigenvalue weighted by atomic mass is 19.1. The molecule has 1 fully saturated rings. The van der Waals surface area contributed by atoms with Crippen LogP contribution in [-0.4, -0.2) is 68.3 Å². The van der Waals surface area contributed by atoms with Gasteiger partial charge in [-0.05, 0) is 63.5 Å². The van der Waals surface area contributed by atoms with E-state index in [-0.39, 0.29) is 29.7 Å². The number of fused-ring (bicyclic) bond motifs is 1. The van der Waals surface area contributed by atoms with Gasteiger partial charge in [0.05, 0.1) is 22.8 Å². The molecule has 2 atom stereocenters. The van der Waals surface area contributed by atoms with E-state index in [1.54, 1.807) is 18.2 Å². The molecule has 2 aliphatic rings. The number of halogens is 1. The van der Waals surface area contributed by atoms with Crippen molar-refractivity contribution in [1.82, 2.24) is 24.8 Å². The minimum Gasteiger partial charge on any atom is -0.348 e. The standard InChI is InChI=1S/C31H36FN7O/c1-8-25(40)37-15-21(6)38(16-20(37)5)30-28-31(36-27(22(7)35-28)23-11-9-10-12-24(23)32)39(17-34-30)29-19(4)13-14-33-26(29)18(2)3/h8-14,18,20-21H,1,15-17H2,2-7H3/t20-,21+/m1/s1. The second kappa shape index (κ2) is 10.8. The van der Waals surface area contributed by atoms with Gasteiger partial charge >= 0.3 is 0 Å². The maximum Gasteiger partial charge on any atom is 0.246 e.